The van der Waals surface area contributed by atoms with E-state index in [9.17, 15) is 4.79 Å². The van der Waals surface area contributed by atoms with Gasteiger partial charge in [0.2, 0.25) is 0 Å². The van der Waals surface area contributed by atoms with Gasteiger partial charge in [0.05, 0.1) is 19.8 Å². The van der Waals surface area contributed by atoms with Gasteiger partial charge in [-0.05, 0) is 30.5 Å². The molecule has 2 heterocycles. The van der Waals surface area contributed by atoms with Gasteiger partial charge in [0, 0.05) is 35.8 Å². The quantitative estimate of drug-likeness (QED) is 0.440. The molecule has 0 aliphatic rings. The fourth-order valence-corrected chi connectivity index (χ4v) is 3.21. The van der Waals surface area contributed by atoms with Crippen LogP contribution in [0.1, 0.15) is 21.6 Å². The van der Waals surface area contributed by atoms with Gasteiger partial charge in [-0.2, -0.15) is 5.10 Å². The number of methoxy groups -OCH3 is 2. The molecule has 8 nitrogen and oxygen atoms in total. The lowest BCUT2D eigenvalue weighted by atomic mass is 10.1. The predicted molar refractivity (Wildman–Crippen MR) is 121 cm³/mol. The molecule has 0 atom stereocenters. The summed E-state index contributed by atoms with van der Waals surface area (Å²) in [6.07, 6.45) is 4.49. The molecule has 162 valence electrons. The van der Waals surface area contributed by atoms with Crippen molar-refractivity contribution in [1.29, 1.82) is 0 Å². The molecule has 1 amide bonds. The van der Waals surface area contributed by atoms with E-state index in [1.54, 1.807) is 14.2 Å². The predicted octanol–water partition coefficient (Wildman–Crippen LogP) is 3.92. The number of hydrogen-bond donors (Lipinski definition) is 2. The van der Waals surface area contributed by atoms with Crippen LogP contribution in [0.15, 0.2) is 67.0 Å². The van der Waals surface area contributed by atoms with Crippen LogP contribution in [-0.4, -0.2) is 40.3 Å². The average molecular weight is 429 g/mol. The Morgan fingerprint density at radius 2 is 1.62 bits per heavy atom. The fourth-order valence-electron chi connectivity index (χ4n) is 3.21. The smallest absolute Gasteiger partial charge is 0.260 e. The number of ether oxygens (including phenoxy) is 2. The molecule has 32 heavy (non-hydrogen) atoms. The minimum absolute atomic E-state index is 0.319. The molecule has 4 rings (SSSR count). The summed E-state index contributed by atoms with van der Waals surface area (Å²) in [4.78, 5) is 21.1. The topological polar surface area (TPSA) is 102 Å². The number of rotatable bonds is 8. The molecule has 2 aromatic heterocycles. The number of hydrogen-bond acceptors (Lipinski definition) is 6. The lowest BCUT2D eigenvalue weighted by molar-refractivity contribution is 0.102. The monoisotopic (exact) mass is 429 g/mol. The van der Waals surface area contributed by atoms with Crippen molar-refractivity contribution in [3.63, 3.8) is 0 Å². The number of aryl methyl sites for hydroxylation is 2. The number of benzene rings is 2. The zero-order chi connectivity index (χ0) is 22.3. The van der Waals surface area contributed by atoms with Crippen LogP contribution in [0.3, 0.4) is 0 Å². The first-order chi connectivity index (χ1) is 15.6. The van der Waals surface area contributed by atoms with E-state index in [0.717, 1.165) is 34.7 Å². The molecule has 0 bridgehead atoms. The SMILES string of the molecule is COc1cc(CCc2cc(NC(=O)c3cnc(-c4ccccc4)nc3)n[nH]2)cc(OC)c1. The maximum absolute atomic E-state index is 12.5. The lowest BCUT2D eigenvalue weighted by Crippen LogP contribution is -2.13. The molecule has 0 saturated carbocycles. The number of aromatic amines is 1. The number of anilines is 1. The molecule has 2 aromatic carbocycles. The molecule has 0 saturated heterocycles. The van der Waals surface area contributed by atoms with E-state index in [1.165, 1.54) is 12.4 Å². The summed E-state index contributed by atoms with van der Waals surface area (Å²) in [7, 11) is 3.26. The highest BCUT2D eigenvalue weighted by Crippen LogP contribution is 2.23. The first-order valence-corrected chi connectivity index (χ1v) is 10.1. The molecule has 0 aliphatic heterocycles. The van der Waals surface area contributed by atoms with Gasteiger partial charge in [-0.1, -0.05) is 30.3 Å². The minimum Gasteiger partial charge on any atom is -0.497 e. The van der Waals surface area contributed by atoms with Gasteiger partial charge in [0.1, 0.15) is 11.5 Å². The minimum atomic E-state index is -0.319. The van der Waals surface area contributed by atoms with Crippen molar-refractivity contribution in [3.8, 4) is 22.9 Å². The second-order valence-corrected chi connectivity index (χ2v) is 7.11. The Labute approximate surface area is 185 Å². The maximum atomic E-state index is 12.5. The van der Waals surface area contributed by atoms with Crippen molar-refractivity contribution in [3.05, 3.63) is 83.8 Å². The third-order valence-corrected chi connectivity index (χ3v) is 4.91. The first-order valence-electron chi connectivity index (χ1n) is 10.1. The van der Waals surface area contributed by atoms with Crippen LogP contribution in [0.4, 0.5) is 5.82 Å². The molecule has 4 aromatic rings. The van der Waals surface area contributed by atoms with Crippen LogP contribution in [0.5, 0.6) is 11.5 Å². The Balaban J connectivity index is 1.36. The third kappa shape index (κ3) is 5.10. The van der Waals surface area contributed by atoms with E-state index < -0.39 is 0 Å². The summed E-state index contributed by atoms with van der Waals surface area (Å²) in [5, 5.41) is 9.91. The zero-order valence-corrected chi connectivity index (χ0v) is 17.8. The summed E-state index contributed by atoms with van der Waals surface area (Å²) in [6, 6.07) is 17.2. The zero-order valence-electron chi connectivity index (χ0n) is 17.8. The lowest BCUT2D eigenvalue weighted by Gasteiger charge is -2.08. The molecule has 0 aliphatic carbocycles. The number of carbonyl (C=O) groups is 1. The van der Waals surface area contributed by atoms with Crippen molar-refractivity contribution < 1.29 is 14.3 Å². The normalized spacial score (nSPS) is 10.6. The summed E-state index contributed by atoms with van der Waals surface area (Å²) < 4.78 is 10.6. The Morgan fingerprint density at radius 3 is 2.28 bits per heavy atom. The number of nitrogens with one attached hydrogen (secondary N) is 2. The highest BCUT2D eigenvalue weighted by Gasteiger charge is 2.11. The Morgan fingerprint density at radius 1 is 0.938 bits per heavy atom. The highest BCUT2D eigenvalue weighted by molar-refractivity contribution is 6.03. The molecular formula is C24H23N5O3. The van der Waals surface area contributed by atoms with Crippen LogP contribution in [0.25, 0.3) is 11.4 Å². The first kappa shape index (κ1) is 21.0. The van der Waals surface area contributed by atoms with Gasteiger partial charge in [0.25, 0.3) is 5.91 Å². The number of amides is 1. The highest BCUT2D eigenvalue weighted by atomic mass is 16.5. The average Bonchev–Trinajstić information content (AvgIpc) is 3.30. The van der Waals surface area contributed by atoms with Gasteiger partial charge in [0.15, 0.2) is 11.6 Å². The molecular weight excluding hydrogens is 406 g/mol. The van der Waals surface area contributed by atoms with Gasteiger partial charge < -0.3 is 14.8 Å². The van der Waals surface area contributed by atoms with Crippen LogP contribution in [0, 0.1) is 0 Å². The largest absolute Gasteiger partial charge is 0.497 e. The van der Waals surface area contributed by atoms with Crippen LogP contribution >= 0.6 is 0 Å². The second kappa shape index (κ2) is 9.74. The van der Waals surface area contributed by atoms with Crippen LogP contribution in [0.2, 0.25) is 0 Å². The molecule has 2 N–H and O–H groups in total. The summed E-state index contributed by atoms with van der Waals surface area (Å²) in [5.41, 5.74) is 3.23. The van der Waals surface area contributed by atoms with Gasteiger partial charge in [-0.3, -0.25) is 9.89 Å². The van der Waals surface area contributed by atoms with Crippen molar-refractivity contribution >= 4 is 11.7 Å². The van der Waals surface area contributed by atoms with E-state index >= 15 is 0 Å². The number of aromatic nitrogens is 4. The van der Waals surface area contributed by atoms with E-state index in [1.807, 2.05) is 54.6 Å². The Bertz CT molecular complexity index is 1170. The molecule has 0 radical (unpaired) electrons. The summed E-state index contributed by atoms with van der Waals surface area (Å²) in [6.45, 7) is 0. The molecule has 0 fully saturated rings. The Hall–Kier alpha value is -4.20. The fraction of sp³-hybridized carbons (Fsp3) is 0.167. The summed E-state index contributed by atoms with van der Waals surface area (Å²) >= 11 is 0. The van der Waals surface area contributed by atoms with E-state index in [-0.39, 0.29) is 5.91 Å². The van der Waals surface area contributed by atoms with Gasteiger partial charge >= 0.3 is 0 Å². The van der Waals surface area contributed by atoms with Crippen molar-refractivity contribution in [2.24, 2.45) is 0 Å². The summed E-state index contributed by atoms with van der Waals surface area (Å²) in [5.74, 6) is 2.19. The standard InChI is InChI=1S/C24H23N5O3/c1-31-20-10-16(11-21(13-20)32-2)8-9-19-12-22(29-28-19)27-24(30)18-14-25-23(26-15-18)17-6-4-3-5-7-17/h3-7,10-15H,8-9H2,1-2H3,(H2,27,28,29,30). The van der Waals surface area contributed by atoms with E-state index in [0.29, 0.717) is 23.6 Å². The van der Waals surface area contributed by atoms with E-state index in [2.05, 4.69) is 25.5 Å². The molecule has 0 spiro atoms. The maximum Gasteiger partial charge on any atom is 0.260 e. The molecule has 0 unspecified atom stereocenters. The number of nitrogens with zero attached hydrogens (tertiary/aromatic N) is 3. The van der Waals surface area contributed by atoms with Crippen molar-refractivity contribution in [2.75, 3.05) is 19.5 Å². The molecule has 8 heteroatoms. The van der Waals surface area contributed by atoms with Crippen LogP contribution < -0.4 is 14.8 Å². The number of carbonyl (C=O) groups excluding carboxylic acids is 1. The van der Waals surface area contributed by atoms with E-state index in [4.69, 9.17) is 9.47 Å². The third-order valence-electron chi connectivity index (χ3n) is 4.91. The van der Waals surface area contributed by atoms with Gasteiger partial charge in [-0.25, -0.2) is 9.97 Å². The van der Waals surface area contributed by atoms with Crippen molar-refractivity contribution in [1.82, 2.24) is 20.2 Å². The Kier molecular flexibility index (Phi) is 6.41. The van der Waals surface area contributed by atoms with Crippen molar-refractivity contribution in [2.45, 2.75) is 12.8 Å². The second-order valence-electron chi connectivity index (χ2n) is 7.11. The number of H-pyrrole nitrogens is 1. The van der Waals surface area contributed by atoms with Crippen LogP contribution in [-0.2, 0) is 12.8 Å². The van der Waals surface area contributed by atoms with Gasteiger partial charge in [-0.15, -0.1) is 0 Å².